The van der Waals surface area contributed by atoms with Crippen LogP contribution in [0.15, 0.2) is 11.8 Å². The van der Waals surface area contributed by atoms with Crippen LogP contribution in [0.5, 0.6) is 0 Å². The van der Waals surface area contributed by atoms with Gasteiger partial charge in [0.05, 0.1) is 12.6 Å². The third-order valence-electron chi connectivity index (χ3n) is 2.47. The molecule has 0 aliphatic carbocycles. The van der Waals surface area contributed by atoms with Crippen molar-refractivity contribution in [2.45, 2.75) is 30.5 Å². The molecule has 0 saturated heterocycles. The van der Waals surface area contributed by atoms with Crippen molar-refractivity contribution >= 4 is 5.97 Å². The first kappa shape index (κ1) is 13.9. The number of nitrogens with two attached hydrogens (primary N) is 1. The summed E-state index contributed by atoms with van der Waals surface area (Å²) in [5.41, 5.74) is 5.45. The van der Waals surface area contributed by atoms with Crippen molar-refractivity contribution in [1.82, 2.24) is 0 Å². The molecule has 1 aliphatic heterocycles. The van der Waals surface area contributed by atoms with Crippen LogP contribution in [0.4, 0.5) is 0 Å². The number of rotatable bonds is 4. The van der Waals surface area contributed by atoms with E-state index in [0.29, 0.717) is 0 Å². The van der Waals surface area contributed by atoms with Gasteiger partial charge in [-0.05, 0) is 6.08 Å². The van der Waals surface area contributed by atoms with Crippen LogP contribution in [0.3, 0.4) is 0 Å². The third kappa shape index (κ3) is 2.93. The molecule has 8 nitrogen and oxygen atoms in total. The van der Waals surface area contributed by atoms with Gasteiger partial charge >= 0.3 is 5.97 Å². The Morgan fingerprint density at radius 2 is 2.12 bits per heavy atom. The summed E-state index contributed by atoms with van der Waals surface area (Å²) in [5, 5.41) is 45.7. The minimum Gasteiger partial charge on any atom is -0.478 e. The first-order chi connectivity index (χ1) is 7.88. The highest BCUT2D eigenvalue weighted by Gasteiger charge is 2.40. The van der Waals surface area contributed by atoms with Crippen LogP contribution in [0, 0.1) is 0 Å². The van der Waals surface area contributed by atoms with E-state index in [1.807, 2.05) is 0 Å². The number of carboxylic acids is 1. The van der Waals surface area contributed by atoms with Gasteiger partial charge in [-0.2, -0.15) is 0 Å². The molecule has 17 heavy (non-hydrogen) atoms. The average Bonchev–Trinajstić information content (AvgIpc) is 2.30. The van der Waals surface area contributed by atoms with E-state index in [1.165, 1.54) is 0 Å². The first-order valence-corrected chi connectivity index (χ1v) is 4.91. The Bertz CT molecular complexity index is 318. The molecular weight excluding hydrogens is 234 g/mol. The number of aliphatic carboxylic acids is 1. The quantitative estimate of drug-likeness (QED) is 0.304. The molecule has 0 spiro atoms. The molecule has 1 aliphatic rings. The Hall–Kier alpha value is -1.19. The molecule has 7 N–H and O–H groups in total. The van der Waals surface area contributed by atoms with Gasteiger partial charge in [0.1, 0.15) is 18.3 Å². The van der Waals surface area contributed by atoms with Crippen LogP contribution in [0.25, 0.3) is 0 Å². The third-order valence-corrected chi connectivity index (χ3v) is 2.47. The summed E-state index contributed by atoms with van der Waals surface area (Å²) in [5.74, 6) is -1.92. The number of aliphatic hydroxyl groups excluding tert-OH is 4. The number of aliphatic hydroxyl groups is 4. The Morgan fingerprint density at radius 1 is 1.53 bits per heavy atom. The summed E-state index contributed by atoms with van der Waals surface area (Å²) in [4.78, 5) is 10.7. The molecule has 0 fully saturated rings. The Labute approximate surface area is 96.5 Å². The SMILES string of the molecule is NC1C=C(C(=O)O)OC([C@H](O)[C@H](O)CO)C1O. The number of carbonyl (C=O) groups is 1. The summed E-state index contributed by atoms with van der Waals surface area (Å²) in [7, 11) is 0. The molecule has 1 heterocycles. The molecule has 0 radical (unpaired) electrons. The van der Waals surface area contributed by atoms with E-state index < -0.39 is 48.8 Å². The van der Waals surface area contributed by atoms with Crippen LogP contribution in [-0.2, 0) is 9.53 Å². The van der Waals surface area contributed by atoms with Gasteiger partial charge in [-0.15, -0.1) is 0 Å². The molecule has 5 atom stereocenters. The smallest absolute Gasteiger partial charge is 0.370 e. The van der Waals surface area contributed by atoms with E-state index in [-0.39, 0.29) is 0 Å². The highest BCUT2D eigenvalue weighted by molar-refractivity contribution is 5.84. The van der Waals surface area contributed by atoms with Crippen molar-refractivity contribution in [1.29, 1.82) is 0 Å². The largest absolute Gasteiger partial charge is 0.478 e. The zero-order chi connectivity index (χ0) is 13.2. The lowest BCUT2D eigenvalue weighted by Crippen LogP contribution is -2.55. The molecule has 1 rings (SSSR count). The molecule has 8 heteroatoms. The molecule has 98 valence electrons. The lowest BCUT2D eigenvalue weighted by molar-refractivity contribution is -0.154. The van der Waals surface area contributed by atoms with Crippen LogP contribution in [-0.4, -0.2) is 68.6 Å². The van der Waals surface area contributed by atoms with Gasteiger partial charge in [0.15, 0.2) is 6.10 Å². The van der Waals surface area contributed by atoms with Crippen molar-refractivity contribution in [3.8, 4) is 0 Å². The standard InChI is InChI=1S/C9H15NO7/c10-3-1-5(9(15)16)17-8(6(3)13)7(14)4(12)2-11/h1,3-4,6-8,11-14H,2,10H2,(H,15,16)/t3?,4-,6?,7-,8?/m1/s1. The van der Waals surface area contributed by atoms with Gasteiger partial charge in [0.2, 0.25) is 5.76 Å². The fraction of sp³-hybridized carbons (Fsp3) is 0.667. The monoisotopic (exact) mass is 249 g/mol. The second kappa shape index (κ2) is 5.43. The first-order valence-electron chi connectivity index (χ1n) is 4.91. The Balaban J connectivity index is 2.87. The minimum atomic E-state index is -1.65. The topological polar surface area (TPSA) is 153 Å². The summed E-state index contributed by atoms with van der Waals surface area (Å²) >= 11 is 0. The number of hydrogen-bond donors (Lipinski definition) is 6. The molecule has 0 aromatic heterocycles. The van der Waals surface area contributed by atoms with E-state index in [0.717, 1.165) is 6.08 Å². The van der Waals surface area contributed by atoms with Crippen LogP contribution < -0.4 is 5.73 Å². The highest BCUT2D eigenvalue weighted by atomic mass is 16.5. The summed E-state index contributed by atoms with van der Waals surface area (Å²) in [6, 6.07) is -1.04. The maximum atomic E-state index is 10.7. The molecular formula is C9H15NO7. The van der Waals surface area contributed by atoms with Crippen LogP contribution in [0.1, 0.15) is 0 Å². The average molecular weight is 249 g/mol. The zero-order valence-corrected chi connectivity index (χ0v) is 8.80. The predicted octanol–water partition coefficient (Wildman–Crippen LogP) is -3.24. The van der Waals surface area contributed by atoms with Crippen molar-refractivity contribution in [3.05, 3.63) is 11.8 Å². The number of hydrogen-bond acceptors (Lipinski definition) is 7. The lowest BCUT2D eigenvalue weighted by atomic mass is 9.95. The molecule has 0 aromatic carbocycles. The fourth-order valence-corrected chi connectivity index (χ4v) is 1.47. The van der Waals surface area contributed by atoms with Crippen molar-refractivity contribution < 1.29 is 35.1 Å². The lowest BCUT2D eigenvalue weighted by Gasteiger charge is -2.35. The maximum absolute atomic E-state index is 10.7. The van der Waals surface area contributed by atoms with E-state index in [1.54, 1.807) is 0 Å². The minimum absolute atomic E-state index is 0.517. The van der Waals surface area contributed by atoms with Gasteiger partial charge in [-0.3, -0.25) is 0 Å². The van der Waals surface area contributed by atoms with Gasteiger partial charge in [-0.1, -0.05) is 0 Å². The Kier molecular flexibility index (Phi) is 4.43. The Morgan fingerprint density at radius 3 is 2.59 bits per heavy atom. The number of carboxylic acid groups (broad SMARTS) is 1. The van der Waals surface area contributed by atoms with Gasteiger partial charge in [0.25, 0.3) is 0 Å². The molecule has 0 aromatic rings. The second-order valence-electron chi connectivity index (χ2n) is 3.73. The van der Waals surface area contributed by atoms with E-state index >= 15 is 0 Å². The molecule has 0 bridgehead atoms. The second-order valence-corrected chi connectivity index (χ2v) is 3.73. The van der Waals surface area contributed by atoms with Gasteiger partial charge in [-0.25, -0.2) is 4.79 Å². The molecule has 0 amide bonds. The van der Waals surface area contributed by atoms with Gasteiger partial charge in [0, 0.05) is 0 Å². The van der Waals surface area contributed by atoms with Crippen LogP contribution in [0.2, 0.25) is 0 Å². The summed E-state index contributed by atoms with van der Waals surface area (Å²) in [6.45, 7) is -0.755. The van der Waals surface area contributed by atoms with Crippen molar-refractivity contribution in [3.63, 3.8) is 0 Å². The van der Waals surface area contributed by atoms with Crippen LogP contribution >= 0.6 is 0 Å². The normalized spacial score (nSPS) is 32.3. The van der Waals surface area contributed by atoms with E-state index in [9.17, 15) is 20.1 Å². The highest BCUT2D eigenvalue weighted by Crippen LogP contribution is 2.21. The number of ether oxygens (including phenoxy) is 1. The van der Waals surface area contributed by atoms with Gasteiger partial charge < -0.3 is 36.0 Å². The maximum Gasteiger partial charge on any atom is 0.370 e. The zero-order valence-electron chi connectivity index (χ0n) is 8.80. The molecule has 0 saturated carbocycles. The summed E-state index contributed by atoms with van der Waals surface area (Å²) in [6.07, 6.45) is -5.00. The van der Waals surface area contributed by atoms with Crippen molar-refractivity contribution in [2.75, 3.05) is 6.61 Å². The fourth-order valence-electron chi connectivity index (χ4n) is 1.47. The summed E-state index contributed by atoms with van der Waals surface area (Å²) < 4.78 is 4.83. The molecule has 3 unspecified atom stereocenters. The van der Waals surface area contributed by atoms with E-state index in [2.05, 4.69) is 0 Å². The predicted molar refractivity (Wildman–Crippen MR) is 53.7 cm³/mol. The van der Waals surface area contributed by atoms with E-state index in [4.69, 9.17) is 20.7 Å². The van der Waals surface area contributed by atoms with Crippen molar-refractivity contribution in [2.24, 2.45) is 5.73 Å².